The minimum absolute atomic E-state index is 0.0928. The highest BCUT2D eigenvalue weighted by Crippen LogP contribution is 2.22. The third-order valence-corrected chi connectivity index (χ3v) is 4.28. The molecule has 0 aliphatic carbocycles. The Bertz CT molecular complexity index is 852. The minimum atomic E-state index is -0.0928. The van der Waals surface area contributed by atoms with Gasteiger partial charge in [0, 0.05) is 26.2 Å². The molecule has 1 fully saturated rings. The Hall–Kier alpha value is -2.42. The molecule has 1 amide bonds. The van der Waals surface area contributed by atoms with Crippen LogP contribution < -0.4 is 4.90 Å². The number of nitrogens with one attached hydrogen (secondary N) is 1. The largest absolute Gasteiger partial charge is 0.444 e. The van der Waals surface area contributed by atoms with Crippen LogP contribution in [-0.2, 0) is 0 Å². The molecule has 1 aliphatic heterocycles. The maximum Gasteiger partial charge on any atom is 0.289 e. The molecule has 23 heavy (non-hydrogen) atoms. The van der Waals surface area contributed by atoms with Crippen molar-refractivity contribution in [2.24, 2.45) is 0 Å². The van der Waals surface area contributed by atoms with E-state index in [1.807, 2.05) is 0 Å². The summed E-state index contributed by atoms with van der Waals surface area (Å²) in [7, 11) is 0. The number of piperazine rings is 1. The molecule has 9 heteroatoms. The Balaban J connectivity index is 1.49. The molecule has 1 N–H and O–H groups in total. The van der Waals surface area contributed by atoms with E-state index in [9.17, 15) is 4.79 Å². The molecule has 0 atom stereocenters. The molecule has 0 spiro atoms. The van der Waals surface area contributed by atoms with E-state index < -0.39 is 0 Å². The summed E-state index contributed by atoms with van der Waals surface area (Å²) in [5.74, 6) is 1.08. The van der Waals surface area contributed by atoms with Gasteiger partial charge < -0.3 is 19.2 Å². The van der Waals surface area contributed by atoms with Gasteiger partial charge in [-0.2, -0.15) is 0 Å². The molecule has 4 heterocycles. The molecule has 1 saturated heterocycles. The van der Waals surface area contributed by atoms with Gasteiger partial charge in [0.2, 0.25) is 0 Å². The zero-order valence-electron chi connectivity index (χ0n) is 12.1. The van der Waals surface area contributed by atoms with Crippen LogP contribution in [0.4, 0.5) is 5.82 Å². The number of fused-ring (bicyclic) bond motifs is 1. The van der Waals surface area contributed by atoms with Crippen molar-refractivity contribution < 1.29 is 9.21 Å². The molecule has 0 saturated carbocycles. The topological polar surface area (TPSA) is 91.2 Å². The van der Waals surface area contributed by atoms with Gasteiger partial charge in [-0.05, 0) is 28.1 Å². The summed E-state index contributed by atoms with van der Waals surface area (Å²) in [4.78, 5) is 32.0. The Morgan fingerprint density at radius 2 is 2.00 bits per heavy atom. The van der Waals surface area contributed by atoms with Crippen LogP contribution >= 0.6 is 15.9 Å². The summed E-state index contributed by atoms with van der Waals surface area (Å²) in [6.45, 7) is 2.60. The van der Waals surface area contributed by atoms with Crippen molar-refractivity contribution in [3.8, 4) is 0 Å². The number of furan rings is 1. The predicted molar refractivity (Wildman–Crippen MR) is 86.2 cm³/mol. The van der Waals surface area contributed by atoms with Crippen molar-refractivity contribution in [2.75, 3.05) is 31.1 Å². The smallest absolute Gasteiger partial charge is 0.289 e. The first kappa shape index (κ1) is 14.2. The zero-order valence-corrected chi connectivity index (χ0v) is 13.7. The molecule has 8 nitrogen and oxygen atoms in total. The summed E-state index contributed by atoms with van der Waals surface area (Å²) >= 11 is 3.21. The second kappa shape index (κ2) is 5.65. The van der Waals surface area contributed by atoms with Crippen LogP contribution in [-0.4, -0.2) is 56.9 Å². The summed E-state index contributed by atoms with van der Waals surface area (Å²) in [5, 5.41) is 0. The van der Waals surface area contributed by atoms with E-state index in [4.69, 9.17) is 4.42 Å². The van der Waals surface area contributed by atoms with Crippen LogP contribution in [0.25, 0.3) is 11.2 Å². The van der Waals surface area contributed by atoms with Gasteiger partial charge in [0.25, 0.3) is 5.91 Å². The number of aromatic amines is 1. The number of hydrogen-bond acceptors (Lipinski definition) is 6. The maximum absolute atomic E-state index is 12.4. The molecule has 3 aromatic rings. The van der Waals surface area contributed by atoms with Gasteiger partial charge in [0.1, 0.15) is 11.8 Å². The number of hydrogen-bond donors (Lipinski definition) is 1. The predicted octanol–water partition coefficient (Wildman–Crippen LogP) is 1.67. The van der Waals surface area contributed by atoms with Crippen LogP contribution in [0.15, 0.2) is 33.9 Å². The van der Waals surface area contributed by atoms with Gasteiger partial charge in [-0.25, -0.2) is 15.0 Å². The molecule has 0 bridgehead atoms. The van der Waals surface area contributed by atoms with Crippen LogP contribution in [0.2, 0.25) is 0 Å². The van der Waals surface area contributed by atoms with Crippen LogP contribution in [0, 0.1) is 0 Å². The normalized spacial score (nSPS) is 15.3. The molecular weight excluding hydrogens is 364 g/mol. The standard InChI is InChI=1S/C14H13BrN6O2/c15-10-2-1-9(23-10)14(22)21-5-3-20(4-6-21)13-11-12(17-7-16-11)18-8-19-13/h1-2,7-8H,3-6H2,(H,16,17,18,19). The molecule has 4 rings (SSSR count). The maximum atomic E-state index is 12.4. The summed E-state index contributed by atoms with van der Waals surface area (Å²) in [6, 6.07) is 3.40. The average Bonchev–Trinajstić information content (AvgIpc) is 3.22. The highest BCUT2D eigenvalue weighted by atomic mass is 79.9. The highest BCUT2D eigenvalue weighted by molar-refractivity contribution is 9.10. The van der Waals surface area contributed by atoms with Crippen molar-refractivity contribution in [3.05, 3.63) is 35.2 Å². The quantitative estimate of drug-likeness (QED) is 0.731. The number of H-pyrrole nitrogens is 1. The number of aromatic nitrogens is 4. The third kappa shape index (κ3) is 2.56. The Labute approximate surface area is 139 Å². The first-order valence-electron chi connectivity index (χ1n) is 7.16. The molecule has 1 aliphatic rings. The lowest BCUT2D eigenvalue weighted by molar-refractivity contribution is 0.0713. The number of nitrogens with zero attached hydrogens (tertiary/aromatic N) is 5. The lowest BCUT2D eigenvalue weighted by atomic mass is 10.2. The number of carbonyl (C=O) groups excluding carboxylic acids is 1. The summed E-state index contributed by atoms with van der Waals surface area (Å²) in [5.41, 5.74) is 1.47. The Morgan fingerprint density at radius 3 is 2.74 bits per heavy atom. The first-order valence-corrected chi connectivity index (χ1v) is 7.95. The van der Waals surface area contributed by atoms with Gasteiger partial charge in [-0.3, -0.25) is 4.79 Å². The van der Waals surface area contributed by atoms with Crippen molar-refractivity contribution in [1.82, 2.24) is 24.8 Å². The van der Waals surface area contributed by atoms with Gasteiger partial charge >= 0.3 is 0 Å². The molecule has 0 aromatic carbocycles. The van der Waals surface area contributed by atoms with Gasteiger partial charge in [0.15, 0.2) is 21.9 Å². The van der Waals surface area contributed by atoms with Crippen LogP contribution in [0.3, 0.4) is 0 Å². The number of rotatable bonds is 2. The summed E-state index contributed by atoms with van der Waals surface area (Å²) in [6.07, 6.45) is 3.12. The second-order valence-corrected chi connectivity index (χ2v) is 5.96. The fourth-order valence-electron chi connectivity index (χ4n) is 2.70. The lowest BCUT2D eigenvalue weighted by Gasteiger charge is -2.34. The van der Waals surface area contributed by atoms with Gasteiger partial charge in [-0.1, -0.05) is 0 Å². The molecule has 118 valence electrons. The Morgan fingerprint density at radius 1 is 1.17 bits per heavy atom. The SMILES string of the molecule is O=C(c1ccc(Br)o1)N1CCN(c2ncnc3nc[nH]c23)CC1. The molecule has 3 aromatic heterocycles. The van der Waals surface area contributed by atoms with Crippen molar-refractivity contribution >= 4 is 38.8 Å². The number of anilines is 1. The Kier molecular flexibility index (Phi) is 3.49. The van der Waals surface area contributed by atoms with Crippen LogP contribution in [0.5, 0.6) is 0 Å². The number of halogens is 1. The van der Waals surface area contributed by atoms with E-state index in [1.165, 1.54) is 6.33 Å². The van der Waals surface area contributed by atoms with Gasteiger partial charge in [-0.15, -0.1) is 0 Å². The van der Waals surface area contributed by atoms with E-state index in [2.05, 4.69) is 40.8 Å². The van der Waals surface area contributed by atoms with E-state index in [0.717, 1.165) is 11.3 Å². The third-order valence-electron chi connectivity index (χ3n) is 3.85. The zero-order chi connectivity index (χ0) is 15.8. The first-order chi connectivity index (χ1) is 11.2. The van der Waals surface area contributed by atoms with Crippen LogP contribution in [0.1, 0.15) is 10.6 Å². The monoisotopic (exact) mass is 376 g/mol. The highest BCUT2D eigenvalue weighted by Gasteiger charge is 2.25. The number of imidazole rings is 1. The average molecular weight is 377 g/mol. The summed E-state index contributed by atoms with van der Waals surface area (Å²) < 4.78 is 5.89. The van der Waals surface area contributed by atoms with Crippen molar-refractivity contribution in [1.29, 1.82) is 0 Å². The van der Waals surface area contributed by atoms with E-state index in [-0.39, 0.29) is 5.91 Å². The molecular formula is C14H13BrN6O2. The fraction of sp³-hybridized carbons (Fsp3) is 0.286. The van der Waals surface area contributed by atoms with Gasteiger partial charge in [0.05, 0.1) is 6.33 Å². The lowest BCUT2D eigenvalue weighted by Crippen LogP contribution is -2.49. The minimum Gasteiger partial charge on any atom is -0.444 e. The number of carbonyl (C=O) groups is 1. The number of amides is 1. The van der Waals surface area contributed by atoms with E-state index >= 15 is 0 Å². The fourth-order valence-corrected chi connectivity index (χ4v) is 3.01. The molecule has 0 unspecified atom stereocenters. The van der Waals surface area contributed by atoms with E-state index in [1.54, 1.807) is 23.4 Å². The molecule has 0 radical (unpaired) electrons. The van der Waals surface area contributed by atoms with Crippen molar-refractivity contribution in [2.45, 2.75) is 0 Å². The van der Waals surface area contributed by atoms with E-state index in [0.29, 0.717) is 42.3 Å². The second-order valence-electron chi connectivity index (χ2n) is 5.18. The van der Waals surface area contributed by atoms with Crippen molar-refractivity contribution in [3.63, 3.8) is 0 Å².